The standard InChI is InChI=1S/C9H13NO3/c1-12-9(11)8-3-2-7(4-5-10)6-13-8/h7-8H,2-4,6H2,1H3/t7-,8+/m1/s1. The Morgan fingerprint density at radius 2 is 2.46 bits per heavy atom. The van der Waals surface area contributed by atoms with Gasteiger partial charge in [-0.05, 0) is 18.8 Å². The number of ether oxygens (including phenoxy) is 2. The fourth-order valence-corrected chi connectivity index (χ4v) is 1.41. The molecular weight excluding hydrogens is 170 g/mol. The van der Waals surface area contributed by atoms with Crippen molar-refractivity contribution in [1.82, 2.24) is 0 Å². The number of nitriles is 1. The van der Waals surface area contributed by atoms with Gasteiger partial charge in [0.1, 0.15) is 0 Å². The average Bonchev–Trinajstić information content (AvgIpc) is 2.18. The molecule has 72 valence electrons. The maximum atomic E-state index is 11.0. The minimum Gasteiger partial charge on any atom is -0.467 e. The lowest BCUT2D eigenvalue weighted by molar-refractivity contribution is -0.158. The van der Waals surface area contributed by atoms with Gasteiger partial charge in [0.05, 0.1) is 19.8 Å². The highest BCUT2D eigenvalue weighted by Gasteiger charge is 2.27. The van der Waals surface area contributed by atoms with Crippen molar-refractivity contribution in [1.29, 1.82) is 5.26 Å². The highest BCUT2D eigenvalue weighted by molar-refractivity contribution is 5.74. The van der Waals surface area contributed by atoms with Crippen LogP contribution in [-0.4, -0.2) is 25.8 Å². The molecule has 13 heavy (non-hydrogen) atoms. The molecule has 0 saturated carbocycles. The number of carbonyl (C=O) groups is 1. The van der Waals surface area contributed by atoms with Crippen LogP contribution in [0.2, 0.25) is 0 Å². The Bertz CT molecular complexity index is 213. The lowest BCUT2D eigenvalue weighted by Gasteiger charge is -2.25. The van der Waals surface area contributed by atoms with Crippen LogP contribution >= 0.6 is 0 Å². The Labute approximate surface area is 77.4 Å². The number of rotatable bonds is 2. The van der Waals surface area contributed by atoms with Gasteiger partial charge in [-0.3, -0.25) is 0 Å². The van der Waals surface area contributed by atoms with Gasteiger partial charge in [0.25, 0.3) is 0 Å². The number of esters is 1. The van der Waals surface area contributed by atoms with Crippen molar-refractivity contribution in [3.05, 3.63) is 0 Å². The third kappa shape index (κ3) is 2.71. The van der Waals surface area contributed by atoms with E-state index in [1.807, 2.05) is 0 Å². The normalized spacial score (nSPS) is 27.7. The van der Waals surface area contributed by atoms with E-state index in [0.29, 0.717) is 19.4 Å². The van der Waals surface area contributed by atoms with Crippen LogP contribution in [0.1, 0.15) is 19.3 Å². The van der Waals surface area contributed by atoms with Crippen molar-refractivity contribution in [2.75, 3.05) is 13.7 Å². The first-order chi connectivity index (χ1) is 6.27. The van der Waals surface area contributed by atoms with Gasteiger partial charge in [0, 0.05) is 6.42 Å². The second-order valence-electron chi connectivity index (χ2n) is 3.15. The molecule has 0 N–H and O–H groups in total. The molecule has 1 rings (SSSR count). The molecule has 0 bridgehead atoms. The summed E-state index contributed by atoms with van der Waals surface area (Å²) in [5, 5.41) is 8.44. The fraction of sp³-hybridized carbons (Fsp3) is 0.778. The molecule has 0 aromatic carbocycles. The van der Waals surface area contributed by atoms with Gasteiger partial charge >= 0.3 is 5.97 Å². The number of hydrogen-bond acceptors (Lipinski definition) is 4. The van der Waals surface area contributed by atoms with E-state index in [2.05, 4.69) is 10.8 Å². The van der Waals surface area contributed by atoms with E-state index in [-0.39, 0.29) is 11.9 Å². The highest BCUT2D eigenvalue weighted by Crippen LogP contribution is 2.21. The predicted molar refractivity (Wildman–Crippen MR) is 44.7 cm³/mol. The van der Waals surface area contributed by atoms with Crippen molar-refractivity contribution >= 4 is 5.97 Å². The Hall–Kier alpha value is -1.08. The van der Waals surface area contributed by atoms with E-state index in [9.17, 15) is 4.79 Å². The smallest absolute Gasteiger partial charge is 0.334 e. The average molecular weight is 183 g/mol. The molecule has 0 radical (unpaired) electrons. The van der Waals surface area contributed by atoms with E-state index in [1.54, 1.807) is 0 Å². The summed E-state index contributed by atoms with van der Waals surface area (Å²) < 4.78 is 9.83. The first kappa shape index (κ1) is 10.0. The third-order valence-corrected chi connectivity index (χ3v) is 2.21. The SMILES string of the molecule is COC(=O)[C@@H]1CC[C@H](CC#N)CO1. The predicted octanol–water partition coefficient (Wildman–Crippen LogP) is 0.868. The molecule has 0 amide bonds. The maximum Gasteiger partial charge on any atom is 0.334 e. The van der Waals surface area contributed by atoms with Crippen LogP contribution in [0.5, 0.6) is 0 Å². The van der Waals surface area contributed by atoms with E-state index in [1.165, 1.54) is 7.11 Å². The molecule has 1 heterocycles. The molecule has 4 nitrogen and oxygen atoms in total. The topological polar surface area (TPSA) is 59.3 Å². The summed E-state index contributed by atoms with van der Waals surface area (Å²) in [7, 11) is 1.35. The molecule has 1 saturated heterocycles. The van der Waals surface area contributed by atoms with Crippen LogP contribution in [0.25, 0.3) is 0 Å². The molecule has 0 aliphatic carbocycles. The van der Waals surface area contributed by atoms with E-state index in [4.69, 9.17) is 10.00 Å². The summed E-state index contributed by atoms with van der Waals surface area (Å²) in [4.78, 5) is 11.0. The Kier molecular flexibility index (Phi) is 3.71. The summed E-state index contributed by atoms with van der Waals surface area (Å²) in [5.41, 5.74) is 0. The second-order valence-corrected chi connectivity index (χ2v) is 3.15. The van der Waals surface area contributed by atoms with Gasteiger partial charge in [-0.1, -0.05) is 0 Å². The minimum absolute atomic E-state index is 0.283. The van der Waals surface area contributed by atoms with Gasteiger partial charge in [-0.15, -0.1) is 0 Å². The van der Waals surface area contributed by atoms with Gasteiger partial charge in [-0.25, -0.2) is 4.79 Å². The largest absolute Gasteiger partial charge is 0.467 e. The number of nitrogens with zero attached hydrogens (tertiary/aromatic N) is 1. The zero-order valence-electron chi connectivity index (χ0n) is 7.66. The molecule has 0 aromatic rings. The van der Waals surface area contributed by atoms with E-state index in [0.717, 1.165) is 6.42 Å². The Balaban J connectivity index is 2.31. The van der Waals surface area contributed by atoms with Crippen LogP contribution in [0, 0.1) is 17.2 Å². The fourth-order valence-electron chi connectivity index (χ4n) is 1.41. The Morgan fingerprint density at radius 3 is 2.92 bits per heavy atom. The number of carbonyl (C=O) groups excluding carboxylic acids is 1. The zero-order valence-corrected chi connectivity index (χ0v) is 7.66. The van der Waals surface area contributed by atoms with E-state index < -0.39 is 6.10 Å². The van der Waals surface area contributed by atoms with Crippen molar-refractivity contribution in [3.8, 4) is 6.07 Å². The molecule has 1 aliphatic rings. The number of methoxy groups -OCH3 is 1. The second kappa shape index (κ2) is 4.83. The van der Waals surface area contributed by atoms with Gasteiger partial charge in [0.2, 0.25) is 0 Å². The lowest BCUT2D eigenvalue weighted by Crippen LogP contribution is -2.32. The van der Waals surface area contributed by atoms with Gasteiger partial charge < -0.3 is 9.47 Å². The molecular formula is C9H13NO3. The zero-order chi connectivity index (χ0) is 9.68. The van der Waals surface area contributed by atoms with E-state index >= 15 is 0 Å². The van der Waals surface area contributed by atoms with Crippen LogP contribution < -0.4 is 0 Å². The molecule has 2 atom stereocenters. The van der Waals surface area contributed by atoms with Crippen LogP contribution in [0.15, 0.2) is 0 Å². The van der Waals surface area contributed by atoms with Crippen LogP contribution in [-0.2, 0) is 14.3 Å². The summed E-state index contributed by atoms with van der Waals surface area (Å²) >= 11 is 0. The summed E-state index contributed by atoms with van der Waals surface area (Å²) in [6.45, 7) is 0.493. The quantitative estimate of drug-likeness (QED) is 0.596. The molecule has 0 spiro atoms. The van der Waals surface area contributed by atoms with Crippen molar-refractivity contribution in [2.24, 2.45) is 5.92 Å². The summed E-state index contributed by atoms with van der Waals surface area (Å²) in [5.74, 6) is -0.0266. The molecule has 1 fully saturated rings. The van der Waals surface area contributed by atoms with Crippen molar-refractivity contribution in [2.45, 2.75) is 25.4 Å². The third-order valence-electron chi connectivity index (χ3n) is 2.21. The summed E-state index contributed by atoms with van der Waals surface area (Å²) in [6, 6.07) is 2.10. The van der Waals surface area contributed by atoms with Crippen LogP contribution in [0.3, 0.4) is 0 Å². The highest BCUT2D eigenvalue weighted by atomic mass is 16.6. The van der Waals surface area contributed by atoms with Crippen molar-refractivity contribution < 1.29 is 14.3 Å². The molecule has 0 unspecified atom stereocenters. The first-order valence-corrected chi connectivity index (χ1v) is 4.34. The minimum atomic E-state index is -0.417. The first-order valence-electron chi connectivity index (χ1n) is 4.34. The summed E-state index contributed by atoms with van der Waals surface area (Å²) in [6.07, 6.45) is 1.63. The lowest BCUT2D eigenvalue weighted by atomic mass is 9.96. The molecule has 4 heteroatoms. The molecule has 0 aromatic heterocycles. The van der Waals surface area contributed by atoms with Gasteiger partial charge in [0.15, 0.2) is 6.10 Å². The maximum absolute atomic E-state index is 11.0. The van der Waals surface area contributed by atoms with Gasteiger partial charge in [-0.2, -0.15) is 5.26 Å². The van der Waals surface area contributed by atoms with Crippen LogP contribution in [0.4, 0.5) is 0 Å². The number of hydrogen-bond donors (Lipinski definition) is 0. The monoisotopic (exact) mass is 183 g/mol. The van der Waals surface area contributed by atoms with Crippen molar-refractivity contribution in [3.63, 3.8) is 0 Å². The Morgan fingerprint density at radius 1 is 1.69 bits per heavy atom. The molecule has 1 aliphatic heterocycles.